The van der Waals surface area contributed by atoms with Crippen LogP contribution in [0.1, 0.15) is 31.2 Å². The fourth-order valence-electron chi connectivity index (χ4n) is 2.92. The Morgan fingerprint density at radius 3 is 2.64 bits per heavy atom. The maximum Gasteiger partial charge on any atom is 0.262 e. The molecule has 3 rings (SSSR count). The van der Waals surface area contributed by atoms with E-state index in [1.54, 1.807) is 4.57 Å². The fraction of sp³-hybridized carbons (Fsp3) is 0.316. The van der Waals surface area contributed by atoms with Gasteiger partial charge in [0.05, 0.1) is 5.39 Å². The Morgan fingerprint density at radius 2 is 2.00 bits per heavy atom. The van der Waals surface area contributed by atoms with E-state index in [1.165, 1.54) is 16.9 Å². The van der Waals surface area contributed by atoms with Crippen molar-refractivity contribution < 1.29 is 4.79 Å². The molecule has 6 heteroatoms. The Hall–Kier alpha value is -2.47. The van der Waals surface area contributed by atoms with Gasteiger partial charge in [-0.15, -0.1) is 11.3 Å². The minimum Gasteiger partial charge on any atom is -0.370 e. The van der Waals surface area contributed by atoms with Crippen molar-refractivity contribution in [1.29, 1.82) is 0 Å². The largest absolute Gasteiger partial charge is 0.370 e. The van der Waals surface area contributed by atoms with E-state index >= 15 is 0 Å². The van der Waals surface area contributed by atoms with Gasteiger partial charge in [-0.2, -0.15) is 0 Å². The maximum absolute atomic E-state index is 13.1. The van der Waals surface area contributed by atoms with Gasteiger partial charge >= 0.3 is 0 Å². The molecule has 0 aliphatic carbocycles. The molecule has 0 saturated carbocycles. The average molecular weight is 355 g/mol. The van der Waals surface area contributed by atoms with Crippen LogP contribution < -0.4 is 11.3 Å². The van der Waals surface area contributed by atoms with E-state index in [0.717, 1.165) is 21.8 Å². The van der Waals surface area contributed by atoms with Crippen molar-refractivity contribution in [2.24, 2.45) is 5.73 Å². The summed E-state index contributed by atoms with van der Waals surface area (Å²) in [6.07, 6.45) is 1.47. The zero-order valence-electron chi connectivity index (χ0n) is 14.4. The summed E-state index contributed by atoms with van der Waals surface area (Å²) < 4.78 is 1.69. The molecule has 0 bridgehead atoms. The van der Waals surface area contributed by atoms with Crippen LogP contribution in [0.3, 0.4) is 0 Å². The first-order valence-electron chi connectivity index (χ1n) is 8.37. The molecule has 0 saturated heterocycles. The molecular weight excluding hydrogens is 334 g/mol. The first kappa shape index (κ1) is 17.4. The number of nitrogens with two attached hydrogens (primary N) is 1. The highest BCUT2D eigenvalue weighted by Crippen LogP contribution is 2.31. The molecule has 0 aliphatic rings. The number of carbonyl (C=O) groups excluding carboxylic acids is 1. The number of benzene rings is 1. The number of thiophene rings is 1. The number of hydrogen-bond acceptors (Lipinski definition) is 4. The Balaban J connectivity index is 2.11. The molecule has 130 valence electrons. The highest BCUT2D eigenvalue weighted by atomic mass is 32.1. The quantitative estimate of drug-likeness (QED) is 0.737. The van der Waals surface area contributed by atoms with Gasteiger partial charge in [0.2, 0.25) is 5.91 Å². The predicted octanol–water partition coefficient (Wildman–Crippen LogP) is 3.26. The molecule has 2 heterocycles. The molecule has 0 spiro atoms. The van der Waals surface area contributed by atoms with E-state index < -0.39 is 0 Å². The zero-order chi connectivity index (χ0) is 18.0. The molecule has 2 aromatic heterocycles. The first-order valence-corrected chi connectivity index (χ1v) is 9.25. The molecule has 0 aliphatic heterocycles. The van der Waals surface area contributed by atoms with Crippen LogP contribution in [0.15, 0.2) is 34.4 Å². The summed E-state index contributed by atoms with van der Waals surface area (Å²) in [4.78, 5) is 29.6. The van der Waals surface area contributed by atoms with Crippen LogP contribution in [0.5, 0.6) is 0 Å². The van der Waals surface area contributed by atoms with Crippen LogP contribution in [0.4, 0.5) is 0 Å². The second kappa shape index (κ2) is 7.19. The lowest BCUT2D eigenvalue weighted by molar-refractivity contribution is -0.118. The maximum atomic E-state index is 13.1. The number of nitrogens with zero attached hydrogens (tertiary/aromatic N) is 2. The Kier molecular flexibility index (Phi) is 4.99. The number of fused-ring (bicyclic) bond motifs is 1. The standard InChI is InChI=1S/C19H21N3O2S/c1-3-16-21-18-17(19(24)22(16)10-4-5-15(20)23)14(11-25-18)13-8-6-12(2)7-9-13/h6-9,11H,3-5,10H2,1-2H3,(H2,20,23). The minimum atomic E-state index is -0.351. The average Bonchev–Trinajstić information content (AvgIpc) is 3.01. The molecule has 25 heavy (non-hydrogen) atoms. The third-order valence-electron chi connectivity index (χ3n) is 4.26. The summed E-state index contributed by atoms with van der Waals surface area (Å²) >= 11 is 1.50. The molecule has 0 unspecified atom stereocenters. The molecule has 0 radical (unpaired) electrons. The van der Waals surface area contributed by atoms with Crippen molar-refractivity contribution in [3.05, 3.63) is 51.4 Å². The van der Waals surface area contributed by atoms with E-state index in [9.17, 15) is 9.59 Å². The van der Waals surface area contributed by atoms with Gasteiger partial charge in [-0.1, -0.05) is 36.8 Å². The van der Waals surface area contributed by atoms with Crippen LogP contribution in [-0.2, 0) is 17.8 Å². The Morgan fingerprint density at radius 1 is 1.28 bits per heavy atom. The fourth-order valence-corrected chi connectivity index (χ4v) is 3.88. The van der Waals surface area contributed by atoms with Crippen LogP contribution in [0.25, 0.3) is 21.3 Å². The van der Waals surface area contributed by atoms with Gasteiger partial charge in [0.1, 0.15) is 10.7 Å². The van der Waals surface area contributed by atoms with E-state index in [4.69, 9.17) is 5.73 Å². The number of primary amides is 1. The molecular formula is C19H21N3O2S. The van der Waals surface area contributed by atoms with Crippen molar-refractivity contribution >= 4 is 27.5 Å². The highest BCUT2D eigenvalue weighted by Gasteiger charge is 2.16. The summed E-state index contributed by atoms with van der Waals surface area (Å²) in [5, 5.41) is 2.65. The number of rotatable bonds is 6. The van der Waals surface area contributed by atoms with Crippen molar-refractivity contribution in [2.45, 2.75) is 39.7 Å². The normalized spacial score (nSPS) is 11.1. The Labute approximate surface area is 150 Å². The van der Waals surface area contributed by atoms with Crippen LogP contribution in [0.2, 0.25) is 0 Å². The van der Waals surface area contributed by atoms with Crippen molar-refractivity contribution in [2.75, 3.05) is 0 Å². The van der Waals surface area contributed by atoms with Crippen LogP contribution in [-0.4, -0.2) is 15.5 Å². The predicted molar refractivity (Wildman–Crippen MR) is 102 cm³/mol. The summed E-state index contributed by atoms with van der Waals surface area (Å²) in [7, 11) is 0. The van der Waals surface area contributed by atoms with Gasteiger partial charge in [-0.05, 0) is 18.9 Å². The lowest BCUT2D eigenvalue weighted by Gasteiger charge is -2.11. The zero-order valence-corrected chi connectivity index (χ0v) is 15.2. The molecule has 3 aromatic rings. The van der Waals surface area contributed by atoms with Gasteiger partial charge in [0.15, 0.2) is 0 Å². The van der Waals surface area contributed by atoms with Crippen molar-refractivity contribution in [1.82, 2.24) is 9.55 Å². The molecule has 1 aromatic carbocycles. The molecule has 5 nitrogen and oxygen atoms in total. The van der Waals surface area contributed by atoms with Crippen molar-refractivity contribution in [3.63, 3.8) is 0 Å². The summed E-state index contributed by atoms with van der Waals surface area (Å²) in [6.45, 7) is 4.47. The number of aromatic nitrogens is 2. The molecule has 2 N–H and O–H groups in total. The lowest BCUT2D eigenvalue weighted by Crippen LogP contribution is -2.25. The van der Waals surface area contributed by atoms with E-state index in [1.807, 2.05) is 43.5 Å². The molecule has 0 atom stereocenters. The monoisotopic (exact) mass is 355 g/mol. The van der Waals surface area contributed by atoms with E-state index in [0.29, 0.717) is 24.8 Å². The SMILES string of the molecule is CCc1nc2scc(-c3ccc(C)cc3)c2c(=O)n1CCCC(N)=O. The highest BCUT2D eigenvalue weighted by molar-refractivity contribution is 7.17. The number of aryl methyl sites for hydroxylation is 2. The third kappa shape index (κ3) is 3.49. The number of amides is 1. The van der Waals surface area contributed by atoms with Crippen LogP contribution in [0, 0.1) is 6.92 Å². The van der Waals surface area contributed by atoms with Crippen LogP contribution >= 0.6 is 11.3 Å². The number of carbonyl (C=O) groups is 1. The van der Waals surface area contributed by atoms with Gasteiger partial charge < -0.3 is 5.73 Å². The van der Waals surface area contributed by atoms with Gasteiger partial charge in [-0.25, -0.2) is 4.98 Å². The van der Waals surface area contributed by atoms with E-state index in [-0.39, 0.29) is 17.9 Å². The summed E-state index contributed by atoms with van der Waals surface area (Å²) in [5.41, 5.74) is 8.29. The minimum absolute atomic E-state index is 0.0388. The second-order valence-corrected chi connectivity index (χ2v) is 6.96. The van der Waals surface area contributed by atoms with E-state index in [2.05, 4.69) is 4.98 Å². The molecule has 1 amide bonds. The number of hydrogen-bond donors (Lipinski definition) is 1. The van der Waals surface area contributed by atoms with Crippen molar-refractivity contribution in [3.8, 4) is 11.1 Å². The summed E-state index contributed by atoms with van der Waals surface area (Å²) in [5.74, 6) is 0.398. The topological polar surface area (TPSA) is 78.0 Å². The summed E-state index contributed by atoms with van der Waals surface area (Å²) in [6, 6.07) is 8.14. The first-order chi connectivity index (χ1) is 12.0. The van der Waals surface area contributed by atoms with Gasteiger partial charge in [0, 0.05) is 30.3 Å². The van der Waals surface area contributed by atoms with Gasteiger partial charge in [-0.3, -0.25) is 14.2 Å². The van der Waals surface area contributed by atoms with Gasteiger partial charge in [0.25, 0.3) is 5.56 Å². The molecule has 0 fully saturated rings. The smallest absolute Gasteiger partial charge is 0.262 e. The second-order valence-electron chi connectivity index (χ2n) is 6.10. The lowest BCUT2D eigenvalue weighted by atomic mass is 10.0. The Bertz CT molecular complexity index is 971. The third-order valence-corrected chi connectivity index (χ3v) is 5.13.